The Bertz CT molecular complexity index is 1580. The second-order valence-electron chi connectivity index (χ2n) is 10.2. The first kappa shape index (κ1) is 31.4. The van der Waals surface area contributed by atoms with Crippen LogP contribution in [0.2, 0.25) is 0 Å². The highest BCUT2D eigenvalue weighted by atomic mass is 16.4. The van der Waals surface area contributed by atoms with Crippen molar-refractivity contribution in [3.63, 3.8) is 0 Å². The van der Waals surface area contributed by atoms with Gasteiger partial charge in [-0.1, -0.05) is 18.2 Å². The van der Waals surface area contributed by atoms with Crippen LogP contribution in [0.3, 0.4) is 0 Å². The minimum atomic E-state index is -1.51. The number of carbonyl (C=O) groups is 5. The molecular weight excluding hydrogens is 574 g/mol. The van der Waals surface area contributed by atoms with E-state index >= 15 is 0 Å². The molecule has 232 valence electrons. The van der Waals surface area contributed by atoms with Crippen molar-refractivity contribution in [1.29, 1.82) is 0 Å². The van der Waals surface area contributed by atoms with Crippen LogP contribution >= 0.6 is 0 Å². The lowest BCUT2D eigenvalue weighted by molar-refractivity contribution is -0.143. The first-order valence-corrected chi connectivity index (χ1v) is 13.7. The number of hydrogen-bond donors (Lipinski definition) is 9. The molecule has 0 saturated heterocycles. The van der Waals surface area contributed by atoms with E-state index in [1.807, 2.05) is 24.3 Å². The lowest BCUT2D eigenvalue weighted by Crippen LogP contribution is -2.58. The zero-order valence-electron chi connectivity index (χ0n) is 23.4. The number of rotatable bonds is 16. The Morgan fingerprint density at radius 2 is 1.34 bits per heavy atom. The molecule has 3 amide bonds. The van der Waals surface area contributed by atoms with Crippen LogP contribution in [0.25, 0.3) is 10.9 Å². The number of hydrogen-bond acceptors (Lipinski definition) is 8. The van der Waals surface area contributed by atoms with Crippen LogP contribution in [-0.2, 0) is 43.2 Å². The van der Waals surface area contributed by atoms with Crippen LogP contribution < -0.4 is 21.7 Å². The lowest BCUT2D eigenvalue weighted by Gasteiger charge is -2.25. The van der Waals surface area contributed by atoms with Gasteiger partial charge in [-0.3, -0.25) is 19.2 Å². The fourth-order valence-electron chi connectivity index (χ4n) is 4.63. The summed E-state index contributed by atoms with van der Waals surface area (Å²) in [5.41, 5.74) is 8.93. The Balaban J connectivity index is 1.49. The molecule has 10 N–H and O–H groups in total. The summed E-state index contributed by atoms with van der Waals surface area (Å²) in [6.45, 7) is 0. The van der Waals surface area contributed by atoms with Gasteiger partial charge in [0, 0.05) is 60.1 Å². The third-order valence-corrected chi connectivity index (χ3v) is 6.94. The van der Waals surface area contributed by atoms with E-state index in [2.05, 4.69) is 40.9 Å². The largest absolute Gasteiger partial charge is 0.481 e. The second-order valence-corrected chi connectivity index (χ2v) is 10.2. The van der Waals surface area contributed by atoms with Gasteiger partial charge in [0.15, 0.2) is 0 Å². The fourth-order valence-corrected chi connectivity index (χ4v) is 4.63. The first-order valence-electron chi connectivity index (χ1n) is 13.7. The van der Waals surface area contributed by atoms with Crippen LogP contribution in [0.5, 0.6) is 0 Å². The minimum absolute atomic E-state index is 0.0217. The summed E-state index contributed by atoms with van der Waals surface area (Å²) in [6, 6.07) is 2.52. The maximum Gasteiger partial charge on any atom is 0.326 e. The SMILES string of the molecule is NC(Cc1c[nH]c2ccccc12)C(=O)NC(Cc1cnc[nH]1)C(=O)NC(Cc1cnc[nH]1)C(=O)NC(CCC(=O)O)C(=O)O. The van der Waals surface area contributed by atoms with E-state index in [4.69, 9.17) is 10.8 Å². The zero-order valence-corrected chi connectivity index (χ0v) is 23.4. The van der Waals surface area contributed by atoms with Crippen LogP contribution in [0, 0.1) is 0 Å². The van der Waals surface area contributed by atoms with Crippen molar-refractivity contribution in [2.45, 2.75) is 56.3 Å². The molecule has 4 unspecified atom stereocenters. The first-order chi connectivity index (χ1) is 21.1. The van der Waals surface area contributed by atoms with Gasteiger partial charge >= 0.3 is 11.9 Å². The van der Waals surface area contributed by atoms with Crippen molar-refractivity contribution in [3.8, 4) is 0 Å². The predicted molar refractivity (Wildman–Crippen MR) is 155 cm³/mol. The number of para-hydroxylation sites is 1. The van der Waals surface area contributed by atoms with Crippen molar-refractivity contribution in [2.75, 3.05) is 0 Å². The summed E-state index contributed by atoms with van der Waals surface area (Å²) in [7, 11) is 0. The smallest absolute Gasteiger partial charge is 0.326 e. The number of nitrogens with zero attached hydrogens (tertiary/aromatic N) is 2. The van der Waals surface area contributed by atoms with Gasteiger partial charge in [0.05, 0.1) is 18.7 Å². The van der Waals surface area contributed by atoms with E-state index in [9.17, 15) is 29.1 Å². The molecule has 0 aliphatic heterocycles. The van der Waals surface area contributed by atoms with Crippen LogP contribution in [0.4, 0.5) is 0 Å². The molecule has 4 aromatic rings. The molecule has 0 aliphatic rings. The zero-order chi connectivity index (χ0) is 31.6. The Morgan fingerprint density at radius 1 is 0.773 bits per heavy atom. The van der Waals surface area contributed by atoms with E-state index in [0.29, 0.717) is 11.4 Å². The van der Waals surface area contributed by atoms with Crippen molar-refractivity contribution < 1.29 is 34.2 Å². The Hall–Kier alpha value is -5.51. The number of benzene rings is 1. The highest BCUT2D eigenvalue weighted by Gasteiger charge is 2.31. The van der Waals surface area contributed by atoms with Gasteiger partial charge in [0.25, 0.3) is 0 Å². The lowest BCUT2D eigenvalue weighted by atomic mass is 10.0. The molecule has 0 radical (unpaired) electrons. The quantitative estimate of drug-likeness (QED) is 0.0779. The van der Waals surface area contributed by atoms with Crippen molar-refractivity contribution in [1.82, 2.24) is 40.9 Å². The third-order valence-electron chi connectivity index (χ3n) is 6.94. The number of amides is 3. The van der Waals surface area contributed by atoms with E-state index in [1.165, 1.54) is 25.0 Å². The number of aromatic amines is 3. The molecule has 0 fully saturated rings. The van der Waals surface area contributed by atoms with Crippen LogP contribution in [-0.4, -0.2) is 89.0 Å². The Labute approximate surface area is 250 Å². The van der Waals surface area contributed by atoms with Gasteiger partial charge in [-0.05, 0) is 24.5 Å². The summed E-state index contributed by atoms with van der Waals surface area (Å²) in [5, 5.41) is 26.9. The van der Waals surface area contributed by atoms with E-state index in [0.717, 1.165) is 16.5 Å². The van der Waals surface area contributed by atoms with Crippen LogP contribution in [0.15, 0.2) is 55.5 Å². The number of aliphatic carboxylic acids is 2. The highest BCUT2D eigenvalue weighted by molar-refractivity contribution is 5.94. The van der Waals surface area contributed by atoms with E-state index in [1.54, 1.807) is 6.20 Å². The number of fused-ring (bicyclic) bond motifs is 1. The van der Waals surface area contributed by atoms with Crippen molar-refractivity contribution in [3.05, 3.63) is 72.5 Å². The number of carboxylic acid groups (broad SMARTS) is 2. The van der Waals surface area contributed by atoms with E-state index in [-0.39, 0.29) is 25.7 Å². The molecule has 0 spiro atoms. The summed E-state index contributed by atoms with van der Waals surface area (Å²) in [6.07, 6.45) is 6.66. The van der Waals surface area contributed by atoms with Crippen molar-refractivity contribution in [2.24, 2.45) is 5.73 Å². The average Bonchev–Trinajstić information content (AvgIpc) is 3.77. The molecule has 3 heterocycles. The molecule has 16 heteroatoms. The standard InChI is InChI=1S/C28H33N9O7/c29-19(7-15-10-32-20-4-2-1-3-18(15)20)25(40)36-22(8-16-11-30-13-33-16)27(42)37-23(9-17-12-31-14-34-17)26(41)35-21(28(43)44)5-6-24(38)39/h1-4,10-14,19,21-23,32H,5-9,29H2,(H,30,33)(H,31,34)(H,35,41)(H,36,40)(H,37,42)(H,38,39)(H,43,44). The molecule has 4 atom stereocenters. The number of carboxylic acids is 2. The summed E-state index contributed by atoms with van der Waals surface area (Å²) in [5.74, 6) is -4.88. The second kappa shape index (κ2) is 14.6. The Morgan fingerprint density at radius 3 is 1.89 bits per heavy atom. The van der Waals surface area contributed by atoms with Gasteiger partial charge < -0.3 is 46.8 Å². The summed E-state index contributed by atoms with van der Waals surface area (Å²) >= 11 is 0. The molecule has 3 aromatic heterocycles. The van der Waals surface area contributed by atoms with Gasteiger partial charge in [0.1, 0.15) is 18.1 Å². The number of nitrogens with two attached hydrogens (primary N) is 1. The fraction of sp³-hybridized carbons (Fsp3) is 0.321. The third kappa shape index (κ3) is 8.51. The van der Waals surface area contributed by atoms with Gasteiger partial charge in [0.2, 0.25) is 17.7 Å². The molecule has 4 rings (SSSR count). The normalized spacial score (nSPS) is 13.8. The van der Waals surface area contributed by atoms with Gasteiger partial charge in [-0.2, -0.15) is 0 Å². The maximum atomic E-state index is 13.6. The molecule has 0 bridgehead atoms. The van der Waals surface area contributed by atoms with Gasteiger partial charge in [-0.15, -0.1) is 0 Å². The van der Waals surface area contributed by atoms with E-state index < -0.39 is 60.2 Å². The predicted octanol–water partition coefficient (Wildman–Crippen LogP) is -0.627. The molecule has 0 saturated carbocycles. The minimum Gasteiger partial charge on any atom is -0.481 e. The maximum absolute atomic E-state index is 13.6. The molecule has 1 aromatic carbocycles. The monoisotopic (exact) mass is 607 g/mol. The highest BCUT2D eigenvalue weighted by Crippen LogP contribution is 2.19. The topological polar surface area (TPSA) is 261 Å². The molecular formula is C28H33N9O7. The summed E-state index contributed by atoms with van der Waals surface area (Å²) in [4.78, 5) is 79.3. The molecule has 16 nitrogen and oxygen atoms in total. The number of aromatic nitrogens is 5. The average molecular weight is 608 g/mol. The van der Waals surface area contributed by atoms with Crippen LogP contribution in [0.1, 0.15) is 29.8 Å². The van der Waals surface area contributed by atoms with Crippen molar-refractivity contribution >= 4 is 40.6 Å². The number of nitrogens with one attached hydrogen (secondary N) is 6. The van der Waals surface area contributed by atoms with Gasteiger partial charge in [-0.25, -0.2) is 14.8 Å². The number of carbonyl (C=O) groups excluding carboxylic acids is 3. The number of H-pyrrole nitrogens is 3. The number of imidazole rings is 2. The Kier molecular flexibility index (Phi) is 10.4. The summed E-state index contributed by atoms with van der Waals surface area (Å²) < 4.78 is 0. The molecule has 44 heavy (non-hydrogen) atoms. The molecule has 0 aliphatic carbocycles.